The molecular formula is C16H12O2. The number of carboxylic acids is 1. The third-order valence-corrected chi connectivity index (χ3v) is 3.35. The predicted octanol–water partition coefficient (Wildman–Crippen LogP) is 4.00. The molecule has 3 aromatic rings. The van der Waals surface area contributed by atoms with Crippen molar-refractivity contribution < 1.29 is 9.90 Å². The van der Waals surface area contributed by atoms with Crippen LogP contribution in [0.4, 0.5) is 0 Å². The normalized spacial score (nSPS) is 10.9. The molecule has 0 aliphatic carbocycles. The second-order valence-corrected chi connectivity index (χ2v) is 4.44. The molecule has 0 bridgehead atoms. The van der Waals surface area contributed by atoms with Crippen LogP contribution in [0.3, 0.4) is 0 Å². The first-order valence-corrected chi connectivity index (χ1v) is 5.83. The van der Waals surface area contributed by atoms with Crippen LogP contribution in [0.25, 0.3) is 21.5 Å². The smallest absolute Gasteiger partial charge is 0.336 e. The molecule has 0 radical (unpaired) electrons. The molecule has 0 saturated heterocycles. The zero-order chi connectivity index (χ0) is 12.7. The fourth-order valence-electron chi connectivity index (χ4n) is 2.48. The topological polar surface area (TPSA) is 37.3 Å². The summed E-state index contributed by atoms with van der Waals surface area (Å²) >= 11 is 0. The van der Waals surface area contributed by atoms with Crippen molar-refractivity contribution in [1.29, 1.82) is 0 Å². The lowest BCUT2D eigenvalue weighted by molar-refractivity contribution is 0.0698. The largest absolute Gasteiger partial charge is 0.478 e. The number of carboxylic acid groups (broad SMARTS) is 1. The Hall–Kier alpha value is -2.35. The molecule has 0 fully saturated rings. The maximum absolute atomic E-state index is 11.4. The number of hydrogen-bond donors (Lipinski definition) is 1. The Kier molecular flexibility index (Phi) is 2.30. The summed E-state index contributed by atoms with van der Waals surface area (Å²) < 4.78 is 0. The number of rotatable bonds is 1. The van der Waals surface area contributed by atoms with Crippen molar-refractivity contribution in [2.45, 2.75) is 6.92 Å². The van der Waals surface area contributed by atoms with E-state index in [0.717, 1.165) is 27.1 Å². The summed E-state index contributed by atoms with van der Waals surface area (Å²) in [7, 11) is 0. The van der Waals surface area contributed by atoms with Crippen molar-refractivity contribution in [3.63, 3.8) is 0 Å². The molecule has 3 aromatic carbocycles. The zero-order valence-corrected chi connectivity index (χ0v) is 9.97. The van der Waals surface area contributed by atoms with E-state index >= 15 is 0 Å². The van der Waals surface area contributed by atoms with Crippen LogP contribution in [0.5, 0.6) is 0 Å². The first-order chi connectivity index (χ1) is 8.68. The maximum Gasteiger partial charge on any atom is 0.336 e. The van der Waals surface area contributed by atoms with Crippen molar-refractivity contribution in [2.75, 3.05) is 0 Å². The Labute approximate surface area is 104 Å². The number of aryl methyl sites for hydroxylation is 1. The van der Waals surface area contributed by atoms with Crippen LogP contribution in [-0.4, -0.2) is 11.1 Å². The molecule has 0 heterocycles. The lowest BCUT2D eigenvalue weighted by Gasteiger charge is -2.08. The summed E-state index contributed by atoms with van der Waals surface area (Å²) in [5.41, 5.74) is 1.20. The van der Waals surface area contributed by atoms with E-state index in [9.17, 15) is 9.90 Å². The van der Waals surface area contributed by atoms with Crippen molar-refractivity contribution in [3.05, 3.63) is 59.7 Å². The Morgan fingerprint density at radius 1 is 0.889 bits per heavy atom. The van der Waals surface area contributed by atoms with Crippen LogP contribution >= 0.6 is 0 Å². The van der Waals surface area contributed by atoms with E-state index in [0.29, 0.717) is 5.56 Å². The standard InChI is InChI=1S/C16H12O2/c1-10-6-8-13-12-5-3-2-4-11(12)7-9-14(13)15(10)16(17)18/h2-9H,1H3,(H,17,18). The number of fused-ring (bicyclic) bond motifs is 3. The molecule has 0 aliphatic rings. The van der Waals surface area contributed by atoms with Crippen molar-refractivity contribution >= 4 is 27.5 Å². The van der Waals surface area contributed by atoms with Gasteiger partial charge < -0.3 is 5.11 Å². The molecule has 0 amide bonds. The van der Waals surface area contributed by atoms with Gasteiger partial charge >= 0.3 is 5.97 Å². The van der Waals surface area contributed by atoms with Gasteiger partial charge in [-0.3, -0.25) is 0 Å². The molecule has 1 N–H and O–H groups in total. The fraction of sp³-hybridized carbons (Fsp3) is 0.0625. The first-order valence-electron chi connectivity index (χ1n) is 5.83. The van der Waals surface area contributed by atoms with Gasteiger partial charge in [-0.15, -0.1) is 0 Å². The van der Waals surface area contributed by atoms with Crippen LogP contribution in [0.15, 0.2) is 48.5 Å². The van der Waals surface area contributed by atoms with E-state index in [1.807, 2.05) is 55.5 Å². The number of benzene rings is 3. The number of aromatic carboxylic acids is 1. The number of carbonyl (C=O) groups is 1. The van der Waals surface area contributed by atoms with Crippen LogP contribution in [0.1, 0.15) is 15.9 Å². The zero-order valence-electron chi connectivity index (χ0n) is 9.97. The average molecular weight is 236 g/mol. The van der Waals surface area contributed by atoms with Crippen molar-refractivity contribution in [1.82, 2.24) is 0 Å². The molecule has 0 unspecified atom stereocenters. The molecule has 2 heteroatoms. The molecule has 3 rings (SSSR count). The molecular weight excluding hydrogens is 224 g/mol. The van der Waals surface area contributed by atoms with Crippen LogP contribution in [-0.2, 0) is 0 Å². The number of hydrogen-bond acceptors (Lipinski definition) is 1. The van der Waals surface area contributed by atoms with Crippen LogP contribution in [0, 0.1) is 6.92 Å². The van der Waals surface area contributed by atoms with Crippen LogP contribution < -0.4 is 0 Å². The van der Waals surface area contributed by atoms with Gasteiger partial charge in [0.15, 0.2) is 0 Å². The van der Waals surface area contributed by atoms with Gasteiger partial charge in [-0.2, -0.15) is 0 Å². The Balaban J connectivity index is 2.55. The molecule has 2 nitrogen and oxygen atoms in total. The highest BCUT2D eigenvalue weighted by atomic mass is 16.4. The highest BCUT2D eigenvalue weighted by Crippen LogP contribution is 2.29. The van der Waals surface area contributed by atoms with Gasteiger partial charge in [0.25, 0.3) is 0 Å². The molecule has 0 aliphatic heterocycles. The average Bonchev–Trinajstić information content (AvgIpc) is 2.37. The molecule has 0 atom stereocenters. The van der Waals surface area contributed by atoms with E-state index in [-0.39, 0.29) is 0 Å². The third-order valence-electron chi connectivity index (χ3n) is 3.35. The Morgan fingerprint density at radius 3 is 2.39 bits per heavy atom. The maximum atomic E-state index is 11.4. The lowest BCUT2D eigenvalue weighted by atomic mass is 9.95. The van der Waals surface area contributed by atoms with E-state index < -0.39 is 5.97 Å². The van der Waals surface area contributed by atoms with Crippen molar-refractivity contribution in [2.24, 2.45) is 0 Å². The SMILES string of the molecule is Cc1ccc2c(ccc3ccccc32)c1C(=O)O. The van der Waals surface area contributed by atoms with Crippen LogP contribution in [0.2, 0.25) is 0 Å². The second kappa shape index (κ2) is 3.84. The minimum Gasteiger partial charge on any atom is -0.478 e. The minimum absolute atomic E-state index is 0.401. The monoisotopic (exact) mass is 236 g/mol. The summed E-state index contributed by atoms with van der Waals surface area (Å²) in [6, 6.07) is 15.8. The van der Waals surface area contributed by atoms with Gasteiger partial charge in [-0.05, 0) is 34.0 Å². The minimum atomic E-state index is -0.867. The van der Waals surface area contributed by atoms with E-state index in [1.165, 1.54) is 0 Å². The van der Waals surface area contributed by atoms with Gasteiger partial charge in [0.1, 0.15) is 0 Å². The summed E-state index contributed by atoms with van der Waals surface area (Å²) in [4.78, 5) is 11.4. The quantitative estimate of drug-likeness (QED) is 0.648. The summed E-state index contributed by atoms with van der Waals surface area (Å²) in [5.74, 6) is -0.867. The van der Waals surface area contributed by atoms with Gasteiger partial charge in [-0.25, -0.2) is 4.79 Å². The third kappa shape index (κ3) is 1.46. The molecule has 0 spiro atoms. The van der Waals surface area contributed by atoms with E-state index in [1.54, 1.807) is 0 Å². The molecule has 0 aromatic heterocycles. The highest BCUT2D eigenvalue weighted by molar-refractivity contribution is 6.14. The summed E-state index contributed by atoms with van der Waals surface area (Å²) in [6.07, 6.45) is 0. The second-order valence-electron chi connectivity index (χ2n) is 4.44. The van der Waals surface area contributed by atoms with E-state index in [2.05, 4.69) is 0 Å². The molecule has 0 saturated carbocycles. The first kappa shape index (κ1) is 10.8. The predicted molar refractivity (Wildman–Crippen MR) is 73.2 cm³/mol. The van der Waals surface area contributed by atoms with Gasteiger partial charge in [0.05, 0.1) is 5.56 Å². The Bertz CT molecular complexity index is 772. The van der Waals surface area contributed by atoms with Gasteiger partial charge in [-0.1, -0.05) is 48.5 Å². The van der Waals surface area contributed by atoms with Gasteiger partial charge in [0.2, 0.25) is 0 Å². The lowest BCUT2D eigenvalue weighted by Crippen LogP contribution is -2.00. The molecule has 88 valence electrons. The van der Waals surface area contributed by atoms with Crippen molar-refractivity contribution in [3.8, 4) is 0 Å². The highest BCUT2D eigenvalue weighted by Gasteiger charge is 2.12. The molecule has 18 heavy (non-hydrogen) atoms. The van der Waals surface area contributed by atoms with Gasteiger partial charge in [0, 0.05) is 0 Å². The summed E-state index contributed by atoms with van der Waals surface area (Å²) in [6.45, 7) is 1.83. The Morgan fingerprint density at radius 2 is 1.61 bits per heavy atom. The summed E-state index contributed by atoms with van der Waals surface area (Å²) in [5, 5.41) is 13.4. The fourth-order valence-corrected chi connectivity index (χ4v) is 2.48. The van der Waals surface area contributed by atoms with E-state index in [4.69, 9.17) is 0 Å².